The minimum absolute atomic E-state index is 0.169. The van der Waals surface area contributed by atoms with Gasteiger partial charge in [-0.25, -0.2) is 0 Å². The van der Waals surface area contributed by atoms with Crippen molar-refractivity contribution in [2.45, 2.75) is 44.6 Å². The van der Waals surface area contributed by atoms with E-state index in [0.29, 0.717) is 6.04 Å². The lowest BCUT2D eigenvalue weighted by atomic mass is 9.79. The second kappa shape index (κ2) is 6.37. The molecule has 0 aliphatic heterocycles. The van der Waals surface area contributed by atoms with Gasteiger partial charge in [0.1, 0.15) is 0 Å². The molecule has 0 radical (unpaired) electrons. The fraction of sp³-hybridized carbons (Fsp3) is 0.588. The average molecular weight is 308 g/mol. The molecule has 0 spiro atoms. The van der Waals surface area contributed by atoms with Crippen LogP contribution >= 0.6 is 11.6 Å². The molecule has 1 saturated carbocycles. The molecule has 0 saturated heterocycles. The van der Waals surface area contributed by atoms with Gasteiger partial charge in [0.2, 0.25) is 0 Å². The molecule has 3 rings (SSSR count). The van der Waals surface area contributed by atoms with Crippen molar-refractivity contribution < 1.29 is 9.90 Å². The molecule has 2 aliphatic rings. The first-order chi connectivity index (χ1) is 10.1. The smallest absolute Gasteiger partial charge is 0.306 e. The molecule has 4 heteroatoms. The number of carboxylic acids is 1. The first kappa shape index (κ1) is 14.9. The van der Waals surface area contributed by atoms with Crippen molar-refractivity contribution in [2.24, 2.45) is 11.8 Å². The van der Waals surface area contributed by atoms with Crippen LogP contribution in [-0.2, 0) is 11.2 Å². The molecule has 0 bridgehead atoms. The predicted molar refractivity (Wildman–Crippen MR) is 83.6 cm³/mol. The van der Waals surface area contributed by atoms with Gasteiger partial charge in [0.15, 0.2) is 0 Å². The number of hydrogen-bond acceptors (Lipinski definition) is 2. The van der Waals surface area contributed by atoms with Crippen molar-refractivity contribution in [2.75, 3.05) is 6.54 Å². The third-order valence-electron chi connectivity index (χ3n) is 5.04. The minimum atomic E-state index is -0.625. The largest absolute Gasteiger partial charge is 0.481 e. The predicted octanol–water partition coefficient (Wildman–Crippen LogP) is 3.81. The highest BCUT2D eigenvalue weighted by molar-refractivity contribution is 6.30. The molecule has 0 aromatic heterocycles. The Morgan fingerprint density at radius 3 is 2.90 bits per heavy atom. The van der Waals surface area contributed by atoms with Gasteiger partial charge in [-0.15, -0.1) is 0 Å². The summed E-state index contributed by atoms with van der Waals surface area (Å²) in [7, 11) is 0. The van der Waals surface area contributed by atoms with Crippen LogP contribution in [0.15, 0.2) is 18.2 Å². The monoisotopic (exact) mass is 307 g/mol. The fourth-order valence-corrected chi connectivity index (χ4v) is 4.06. The van der Waals surface area contributed by atoms with Crippen LogP contribution in [-0.4, -0.2) is 17.6 Å². The van der Waals surface area contributed by atoms with Gasteiger partial charge in [-0.2, -0.15) is 0 Å². The summed E-state index contributed by atoms with van der Waals surface area (Å²) in [6.07, 6.45) is 6.22. The van der Waals surface area contributed by atoms with E-state index in [1.54, 1.807) is 0 Å². The van der Waals surface area contributed by atoms with Crippen LogP contribution in [0.25, 0.3) is 0 Å². The number of nitrogens with one attached hydrogen (secondary N) is 1. The molecular weight excluding hydrogens is 286 g/mol. The Hall–Kier alpha value is -1.06. The molecule has 3 atom stereocenters. The summed E-state index contributed by atoms with van der Waals surface area (Å²) in [5, 5.41) is 13.8. The summed E-state index contributed by atoms with van der Waals surface area (Å²) in [4.78, 5) is 11.4. The number of rotatable bonds is 4. The Kier molecular flexibility index (Phi) is 4.51. The van der Waals surface area contributed by atoms with Crippen LogP contribution in [0.2, 0.25) is 5.02 Å². The Labute approximate surface area is 130 Å². The molecule has 21 heavy (non-hydrogen) atoms. The van der Waals surface area contributed by atoms with Crippen molar-refractivity contribution in [1.82, 2.24) is 5.32 Å². The Morgan fingerprint density at radius 1 is 1.29 bits per heavy atom. The van der Waals surface area contributed by atoms with Crippen LogP contribution in [0.4, 0.5) is 0 Å². The molecule has 3 unspecified atom stereocenters. The van der Waals surface area contributed by atoms with E-state index in [1.165, 1.54) is 11.1 Å². The molecule has 3 nitrogen and oxygen atoms in total. The summed E-state index contributed by atoms with van der Waals surface area (Å²) >= 11 is 6.04. The lowest BCUT2D eigenvalue weighted by Gasteiger charge is -2.30. The van der Waals surface area contributed by atoms with E-state index in [9.17, 15) is 9.90 Å². The number of hydrogen-bond donors (Lipinski definition) is 2. The van der Waals surface area contributed by atoms with Gasteiger partial charge in [0, 0.05) is 11.1 Å². The van der Waals surface area contributed by atoms with Gasteiger partial charge in [-0.1, -0.05) is 30.5 Å². The highest BCUT2D eigenvalue weighted by Crippen LogP contribution is 2.34. The fourth-order valence-electron chi connectivity index (χ4n) is 3.87. The quantitative estimate of drug-likeness (QED) is 0.889. The van der Waals surface area contributed by atoms with E-state index in [0.717, 1.165) is 50.1 Å². The van der Waals surface area contributed by atoms with Crippen molar-refractivity contribution in [1.29, 1.82) is 0 Å². The number of halogens is 1. The van der Waals surface area contributed by atoms with Gasteiger partial charge >= 0.3 is 5.97 Å². The zero-order valence-corrected chi connectivity index (χ0v) is 12.9. The van der Waals surface area contributed by atoms with Crippen LogP contribution in [0, 0.1) is 11.8 Å². The lowest BCUT2D eigenvalue weighted by Crippen LogP contribution is -2.35. The van der Waals surface area contributed by atoms with Crippen molar-refractivity contribution >= 4 is 17.6 Å². The van der Waals surface area contributed by atoms with Gasteiger partial charge in [0.05, 0.1) is 5.92 Å². The molecule has 2 aliphatic carbocycles. The molecule has 0 heterocycles. The van der Waals surface area contributed by atoms with Crippen LogP contribution in [0.5, 0.6) is 0 Å². The Morgan fingerprint density at radius 2 is 2.10 bits per heavy atom. The Balaban J connectivity index is 1.62. The maximum Gasteiger partial charge on any atom is 0.306 e. The van der Waals surface area contributed by atoms with E-state index in [-0.39, 0.29) is 11.8 Å². The zero-order valence-electron chi connectivity index (χ0n) is 12.1. The van der Waals surface area contributed by atoms with E-state index < -0.39 is 5.97 Å². The number of carbonyl (C=O) groups is 1. The number of benzene rings is 1. The summed E-state index contributed by atoms with van der Waals surface area (Å²) in [6.45, 7) is 0.809. The van der Waals surface area contributed by atoms with Crippen LogP contribution in [0.1, 0.15) is 49.3 Å². The van der Waals surface area contributed by atoms with Crippen molar-refractivity contribution in [3.63, 3.8) is 0 Å². The molecule has 1 fully saturated rings. The second-order valence-corrected chi connectivity index (χ2v) is 6.77. The van der Waals surface area contributed by atoms with Gasteiger partial charge in [-0.05, 0) is 61.4 Å². The first-order valence-electron chi connectivity index (χ1n) is 7.89. The number of fused-ring (bicyclic) bond motifs is 1. The van der Waals surface area contributed by atoms with Gasteiger partial charge in [-0.3, -0.25) is 4.79 Å². The summed E-state index contributed by atoms with van der Waals surface area (Å²) in [5.41, 5.74) is 2.67. The highest BCUT2D eigenvalue weighted by atomic mass is 35.5. The van der Waals surface area contributed by atoms with E-state index >= 15 is 0 Å². The molecule has 1 aromatic carbocycles. The van der Waals surface area contributed by atoms with Gasteiger partial charge < -0.3 is 10.4 Å². The SMILES string of the molecule is O=C(O)C1CCCCC1CNC1CCc2cc(Cl)ccc21. The topological polar surface area (TPSA) is 49.3 Å². The third kappa shape index (κ3) is 3.24. The van der Waals surface area contributed by atoms with E-state index in [1.807, 2.05) is 6.07 Å². The number of carboxylic acid groups (broad SMARTS) is 1. The third-order valence-corrected chi connectivity index (χ3v) is 5.27. The second-order valence-electron chi connectivity index (χ2n) is 6.33. The Bertz CT molecular complexity index is 532. The number of aryl methyl sites for hydroxylation is 1. The van der Waals surface area contributed by atoms with Gasteiger partial charge in [0.25, 0.3) is 0 Å². The van der Waals surface area contributed by atoms with Crippen LogP contribution < -0.4 is 5.32 Å². The lowest BCUT2D eigenvalue weighted by molar-refractivity contribution is -0.144. The average Bonchev–Trinajstić information content (AvgIpc) is 2.87. The summed E-state index contributed by atoms with van der Waals surface area (Å²) in [5.74, 6) is -0.523. The summed E-state index contributed by atoms with van der Waals surface area (Å²) < 4.78 is 0. The molecule has 2 N–H and O–H groups in total. The zero-order chi connectivity index (χ0) is 14.8. The molecule has 114 valence electrons. The van der Waals surface area contributed by atoms with E-state index in [4.69, 9.17) is 11.6 Å². The maximum absolute atomic E-state index is 11.4. The normalized spacial score (nSPS) is 28.3. The number of aliphatic carboxylic acids is 1. The minimum Gasteiger partial charge on any atom is -0.481 e. The standard InChI is InChI=1S/C17H22ClNO2/c18-13-6-7-14-11(9-13)5-8-16(14)19-10-12-3-1-2-4-15(12)17(20)21/h6-7,9,12,15-16,19H,1-5,8,10H2,(H,20,21). The first-order valence-corrected chi connectivity index (χ1v) is 8.27. The summed E-state index contributed by atoms with van der Waals surface area (Å²) in [6, 6.07) is 6.46. The molecule has 1 aromatic rings. The highest BCUT2D eigenvalue weighted by Gasteiger charge is 2.31. The maximum atomic E-state index is 11.4. The van der Waals surface area contributed by atoms with Crippen LogP contribution in [0.3, 0.4) is 0 Å². The van der Waals surface area contributed by atoms with Crippen molar-refractivity contribution in [3.8, 4) is 0 Å². The van der Waals surface area contributed by atoms with E-state index in [2.05, 4.69) is 17.4 Å². The molecule has 0 amide bonds. The van der Waals surface area contributed by atoms with Crippen molar-refractivity contribution in [3.05, 3.63) is 34.3 Å². The molecular formula is C17H22ClNO2.